The van der Waals surface area contributed by atoms with E-state index < -0.39 is 56.9 Å². The molecule has 3 aliphatic rings. The van der Waals surface area contributed by atoms with E-state index in [9.17, 15) is 45.2 Å². The highest BCUT2D eigenvalue weighted by molar-refractivity contribution is 7.90. The maximum Gasteiger partial charge on any atom is 0.419 e. The van der Waals surface area contributed by atoms with Crippen LogP contribution in [0.25, 0.3) is 21.6 Å². The van der Waals surface area contributed by atoms with Gasteiger partial charge in [0.05, 0.1) is 34.8 Å². The van der Waals surface area contributed by atoms with Crippen LogP contribution in [-0.2, 0) is 30.6 Å². The molecule has 5 N–H and O–H groups in total. The van der Waals surface area contributed by atoms with Gasteiger partial charge in [0.2, 0.25) is 27.7 Å². The number of thiazole rings is 1. The van der Waals surface area contributed by atoms with Crippen LogP contribution in [0.4, 0.5) is 23.2 Å². The predicted octanol–water partition coefficient (Wildman–Crippen LogP) is 7.88. The Morgan fingerprint density at radius 2 is 1.76 bits per heavy atom. The molecule has 0 spiro atoms. The smallest absolute Gasteiger partial charge is 0.419 e. The number of likely N-dealkylation sites (tertiary alicyclic amines) is 1. The van der Waals surface area contributed by atoms with Crippen LogP contribution in [-0.4, -0.2) is 72.0 Å². The van der Waals surface area contributed by atoms with Crippen molar-refractivity contribution in [2.75, 3.05) is 19.0 Å². The lowest BCUT2D eigenvalue weighted by molar-refractivity contribution is -0.140. The first-order valence-corrected chi connectivity index (χ1v) is 23.2. The first kappa shape index (κ1) is 49.0. The number of nitrogens with two attached hydrogens (primary N) is 1. The first-order valence-electron chi connectivity index (χ1n) is 20.8. The van der Waals surface area contributed by atoms with E-state index in [4.69, 9.17) is 10.5 Å². The Morgan fingerprint density at radius 3 is 2.30 bits per heavy atom. The number of sulfonamides is 1. The van der Waals surface area contributed by atoms with Gasteiger partial charge in [-0.15, -0.1) is 11.3 Å². The van der Waals surface area contributed by atoms with Crippen molar-refractivity contribution in [2.45, 2.75) is 116 Å². The number of aryl methyl sites for hydroxylation is 1. The van der Waals surface area contributed by atoms with Gasteiger partial charge in [0.15, 0.2) is 5.43 Å². The van der Waals surface area contributed by atoms with Crippen LogP contribution in [0.5, 0.6) is 5.75 Å². The summed E-state index contributed by atoms with van der Waals surface area (Å²) in [7, 11) is -1.69. The van der Waals surface area contributed by atoms with Crippen molar-refractivity contribution in [1.29, 1.82) is 0 Å². The number of halogens is 4. The minimum absolute atomic E-state index is 0.00389. The maximum atomic E-state index is 13.5. The average molecular weight is 921 g/mol. The molecular weight excluding hydrogens is 865 g/mol. The number of nitrogens with one attached hydrogen (secondary N) is 3. The maximum absolute atomic E-state index is 13.5. The van der Waals surface area contributed by atoms with E-state index in [1.165, 1.54) is 4.90 Å². The lowest BCUT2D eigenvalue weighted by Gasteiger charge is -2.35. The number of hydrogen-bond acceptors (Lipinski definition) is 10. The Morgan fingerprint density at radius 1 is 1.08 bits per heavy atom. The summed E-state index contributed by atoms with van der Waals surface area (Å²) in [6.07, 6.45) is -0.578. The van der Waals surface area contributed by atoms with Gasteiger partial charge < -0.3 is 25.7 Å². The molecule has 7 rings (SSSR count). The number of aromatic nitrogens is 2. The number of methoxy groups -OCH3 is 1. The highest BCUT2D eigenvalue weighted by atomic mass is 32.2. The summed E-state index contributed by atoms with van der Waals surface area (Å²) in [6.45, 7) is 13.8. The number of pyridine rings is 1. The number of alkyl halides is 3. The largest absolute Gasteiger partial charge is 0.496 e. The quantitative estimate of drug-likeness (QED) is 0.108. The van der Waals surface area contributed by atoms with Crippen LogP contribution in [0.3, 0.4) is 0 Å². The normalized spacial score (nSPS) is 19.1. The zero-order valence-corrected chi connectivity index (χ0v) is 38.2. The van der Waals surface area contributed by atoms with Crippen LogP contribution in [0.15, 0.2) is 46.6 Å². The molecule has 1 aliphatic heterocycles. The number of rotatable bonds is 11. The third kappa shape index (κ3) is 12.0. The van der Waals surface area contributed by atoms with E-state index in [2.05, 4.69) is 33.9 Å². The third-order valence-electron chi connectivity index (χ3n) is 11.3. The number of primary amides is 1. The van der Waals surface area contributed by atoms with Crippen molar-refractivity contribution in [3.63, 3.8) is 0 Å². The summed E-state index contributed by atoms with van der Waals surface area (Å²) in [6, 6.07) is 6.07. The van der Waals surface area contributed by atoms with E-state index in [1.54, 1.807) is 51.4 Å². The zero-order chi connectivity index (χ0) is 46.8. The molecule has 344 valence electrons. The summed E-state index contributed by atoms with van der Waals surface area (Å²) in [5, 5.41) is 6.03. The topological polar surface area (TPSA) is 194 Å². The fourth-order valence-corrected chi connectivity index (χ4v) is 9.59. The second-order valence-electron chi connectivity index (χ2n) is 17.5. The van der Waals surface area contributed by atoms with E-state index in [0.717, 1.165) is 52.1 Å². The number of hydrogen-bond donors (Lipinski definition) is 4. The molecule has 0 radical (unpaired) electrons. The fraction of sp³-hybridized carbons (Fsp3) is 0.523. The molecular formula is C44H56F4N6O7S2. The number of anilines is 1. The highest BCUT2D eigenvalue weighted by Gasteiger charge is 2.45. The number of carbonyl (C=O) groups is 3. The molecule has 3 amide bonds. The second kappa shape index (κ2) is 19.4. The molecule has 4 unspecified atom stereocenters. The van der Waals surface area contributed by atoms with Crippen molar-refractivity contribution < 1.29 is 45.1 Å². The molecule has 3 heterocycles. The number of nitrogens with zero attached hydrogens (tertiary/aromatic N) is 2. The van der Waals surface area contributed by atoms with Gasteiger partial charge in [-0.1, -0.05) is 48.0 Å². The molecule has 13 nitrogen and oxygen atoms in total. The van der Waals surface area contributed by atoms with E-state index in [0.29, 0.717) is 61.6 Å². The van der Waals surface area contributed by atoms with Crippen molar-refractivity contribution in [1.82, 2.24) is 19.6 Å². The molecule has 2 aliphatic carbocycles. The van der Waals surface area contributed by atoms with Crippen molar-refractivity contribution in [3.8, 4) is 16.5 Å². The molecule has 4 atom stereocenters. The van der Waals surface area contributed by atoms with Gasteiger partial charge in [-0.2, -0.15) is 13.2 Å². The number of aromatic amines is 1. The van der Waals surface area contributed by atoms with E-state index >= 15 is 0 Å². The lowest BCUT2D eigenvalue weighted by atomic mass is 9.85. The molecule has 63 heavy (non-hydrogen) atoms. The monoisotopic (exact) mass is 920 g/mol. The van der Waals surface area contributed by atoms with Crippen LogP contribution >= 0.6 is 11.3 Å². The fourth-order valence-electron chi connectivity index (χ4n) is 7.29. The lowest BCUT2D eigenvalue weighted by Crippen LogP contribution is -2.53. The van der Waals surface area contributed by atoms with Crippen molar-refractivity contribution >= 4 is 55.7 Å². The van der Waals surface area contributed by atoms with Gasteiger partial charge in [0.1, 0.15) is 28.7 Å². The Kier molecular flexibility index (Phi) is 15.1. The molecule has 0 bridgehead atoms. The number of benzene rings is 2. The summed E-state index contributed by atoms with van der Waals surface area (Å²) >= 11 is 1.55. The predicted molar refractivity (Wildman–Crippen MR) is 235 cm³/mol. The SMILES string of the molecule is CC(C)(C)C(Nc1ccc(F)c(C(F)(F)F)c1)C(=O)N1CCCC1C(N)=O.CCC1CC1C(=O)NS(=O)(=O)C1CC1.COc1ccc2c(=O)cc(-c3nc(C(C)C)cs3)[nH]c2c1C. The first-order chi connectivity index (χ1) is 29.4. The van der Waals surface area contributed by atoms with Gasteiger partial charge in [-0.25, -0.2) is 17.8 Å². The third-order valence-corrected chi connectivity index (χ3v) is 14.1. The van der Waals surface area contributed by atoms with Crippen molar-refractivity contribution in [3.05, 3.63) is 74.6 Å². The minimum Gasteiger partial charge on any atom is -0.496 e. The highest BCUT2D eigenvalue weighted by Crippen LogP contribution is 2.42. The van der Waals surface area contributed by atoms with E-state index in [-0.39, 0.29) is 28.2 Å². The summed E-state index contributed by atoms with van der Waals surface area (Å²) in [4.78, 5) is 57.7. The van der Waals surface area contributed by atoms with Crippen LogP contribution in [0, 0.1) is 30.0 Å². The molecule has 3 fully saturated rings. The second-order valence-corrected chi connectivity index (χ2v) is 20.4. The number of H-pyrrole nitrogens is 1. The Bertz CT molecular complexity index is 2500. The molecule has 2 aromatic carbocycles. The van der Waals surface area contributed by atoms with E-state index in [1.807, 2.05) is 25.3 Å². The van der Waals surface area contributed by atoms with Gasteiger partial charge in [-0.05, 0) is 86.6 Å². The number of fused-ring (bicyclic) bond motifs is 1. The minimum atomic E-state index is -4.85. The van der Waals surface area contributed by atoms with Crippen LogP contribution < -0.4 is 25.9 Å². The number of carbonyl (C=O) groups excluding carboxylic acids is 3. The molecule has 2 saturated carbocycles. The summed E-state index contributed by atoms with van der Waals surface area (Å²) < 4.78 is 82.7. The molecule has 1 saturated heterocycles. The number of ether oxygens (including phenoxy) is 1. The standard InChI is InChI=1S/C18H23F4N3O2.C17H18N2O2S.C9H15NO3S/c1-17(2,3)14(16(27)25-8-4-5-13(25)15(23)26)24-10-6-7-12(19)11(9-10)18(20,21)22;1-9(2)13-8-22-17(19-13)12-7-14(20)11-5-6-15(21-4)10(3)16(11)18-12;1-2-6-5-8(6)9(11)10-14(12,13)7-3-4-7/h6-7,9,13-14,24H,4-5,8H2,1-3H3,(H2,23,26);5-9H,1-4H3,(H,18,20);6-8H,2-5H2,1H3,(H,10,11). The van der Waals surface area contributed by atoms with Gasteiger partial charge >= 0.3 is 6.18 Å². The molecule has 4 aromatic rings. The summed E-state index contributed by atoms with van der Waals surface area (Å²) in [5.74, 6) is -1.22. The summed E-state index contributed by atoms with van der Waals surface area (Å²) in [5.41, 5.74) is 6.75. The molecule has 2 aromatic heterocycles. The Labute approximate surface area is 368 Å². The Balaban J connectivity index is 0.000000186. The molecule has 19 heteroatoms. The van der Waals surface area contributed by atoms with Gasteiger partial charge in [0, 0.05) is 40.5 Å². The van der Waals surface area contributed by atoms with Gasteiger partial charge in [0.25, 0.3) is 0 Å². The van der Waals surface area contributed by atoms with Gasteiger partial charge in [-0.3, -0.25) is 23.9 Å². The Hall–Kier alpha value is -5.04. The number of amides is 3. The zero-order valence-electron chi connectivity index (χ0n) is 36.6. The van der Waals surface area contributed by atoms with Crippen molar-refractivity contribution in [2.24, 2.45) is 23.0 Å². The van der Waals surface area contributed by atoms with Crippen LogP contribution in [0.1, 0.15) is 103 Å². The van der Waals surface area contributed by atoms with Crippen LogP contribution in [0.2, 0.25) is 0 Å². The average Bonchev–Trinajstić information content (AvgIpc) is 4.11.